The third-order valence-corrected chi connectivity index (χ3v) is 8.80. The predicted octanol–water partition coefficient (Wildman–Crippen LogP) is 5.87. The molecular formula is C29H31N5O2S2. The number of aryl methyl sites for hydroxylation is 2. The molecule has 0 spiro atoms. The van der Waals surface area contributed by atoms with E-state index in [-0.39, 0.29) is 17.6 Å². The van der Waals surface area contributed by atoms with Gasteiger partial charge in [0.2, 0.25) is 5.91 Å². The number of fused-ring (bicyclic) bond motifs is 1. The summed E-state index contributed by atoms with van der Waals surface area (Å²) in [6.07, 6.45) is 3.98. The molecule has 0 bridgehead atoms. The number of hydrogen-bond donors (Lipinski definition) is 2. The molecule has 196 valence electrons. The molecule has 2 aromatic heterocycles. The number of thioether (sulfide) groups is 1. The van der Waals surface area contributed by atoms with Gasteiger partial charge >= 0.3 is 0 Å². The molecule has 2 N–H and O–H groups in total. The topological polar surface area (TPSA) is 88.9 Å². The molecule has 0 saturated heterocycles. The van der Waals surface area contributed by atoms with Gasteiger partial charge in [0.15, 0.2) is 11.0 Å². The van der Waals surface area contributed by atoms with Crippen LogP contribution in [0.3, 0.4) is 0 Å². The molecule has 1 aliphatic rings. The zero-order chi connectivity index (χ0) is 26.5. The van der Waals surface area contributed by atoms with Crippen LogP contribution in [0.5, 0.6) is 0 Å². The number of nitrogens with one attached hydrogen (secondary N) is 2. The van der Waals surface area contributed by atoms with Gasteiger partial charge in [-0.1, -0.05) is 71.9 Å². The summed E-state index contributed by atoms with van der Waals surface area (Å²) in [6, 6.07) is 18.0. The highest BCUT2D eigenvalue weighted by Crippen LogP contribution is 2.38. The van der Waals surface area contributed by atoms with E-state index < -0.39 is 0 Å². The van der Waals surface area contributed by atoms with Gasteiger partial charge in [-0.25, -0.2) is 0 Å². The Morgan fingerprint density at radius 3 is 2.55 bits per heavy atom. The van der Waals surface area contributed by atoms with Crippen molar-refractivity contribution in [1.29, 1.82) is 0 Å². The number of carbonyl (C=O) groups is 2. The number of hydrogen-bond acceptors (Lipinski definition) is 6. The van der Waals surface area contributed by atoms with Crippen LogP contribution in [0, 0.1) is 6.92 Å². The lowest BCUT2D eigenvalue weighted by Gasteiger charge is -2.13. The molecule has 0 radical (unpaired) electrons. The van der Waals surface area contributed by atoms with Crippen LogP contribution in [0.4, 0.5) is 5.00 Å². The highest BCUT2D eigenvalue weighted by Gasteiger charge is 2.26. The lowest BCUT2D eigenvalue weighted by molar-refractivity contribution is -0.113. The third kappa shape index (κ3) is 5.84. The van der Waals surface area contributed by atoms with E-state index in [2.05, 4.69) is 39.9 Å². The minimum Gasteiger partial charge on any atom is -0.348 e. The van der Waals surface area contributed by atoms with E-state index in [0.29, 0.717) is 28.8 Å². The summed E-state index contributed by atoms with van der Waals surface area (Å²) in [5, 5.41) is 16.2. The Morgan fingerprint density at radius 1 is 1.03 bits per heavy atom. The first-order valence-electron chi connectivity index (χ1n) is 12.9. The quantitative estimate of drug-likeness (QED) is 0.257. The molecule has 0 saturated carbocycles. The summed E-state index contributed by atoms with van der Waals surface area (Å²) in [5.41, 5.74) is 4.93. The zero-order valence-electron chi connectivity index (χ0n) is 21.6. The second-order valence-electron chi connectivity index (χ2n) is 9.34. The lowest BCUT2D eigenvalue weighted by atomic mass is 9.95. The molecule has 2 amide bonds. The van der Waals surface area contributed by atoms with Crippen molar-refractivity contribution >= 4 is 39.9 Å². The zero-order valence-corrected chi connectivity index (χ0v) is 23.3. The summed E-state index contributed by atoms with van der Waals surface area (Å²) >= 11 is 2.89. The molecule has 5 rings (SSSR count). The Kier molecular flexibility index (Phi) is 8.24. The highest BCUT2D eigenvalue weighted by molar-refractivity contribution is 7.99. The first-order chi connectivity index (χ1) is 18.5. The van der Waals surface area contributed by atoms with Crippen molar-refractivity contribution < 1.29 is 9.59 Å². The van der Waals surface area contributed by atoms with E-state index >= 15 is 0 Å². The summed E-state index contributed by atoms with van der Waals surface area (Å²) in [7, 11) is 0. The molecule has 0 fully saturated rings. The fourth-order valence-electron chi connectivity index (χ4n) is 4.65. The predicted molar refractivity (Wildman–Crippen MR) is 154 cm³/mol. The Balaban J connectivity index is 1.28. The standard InChI is InChI=1S/C29H31N5O2S2/c1-3-34-26(21-15-13-19(2)14-16-21)32-33-29(34)37-18-24(35)31-28-25(22-11-7-8-12-23(22)38-28)27(36)30-17-20-9-5-4-6-10-20/h4-6,9-10,13-16H,3,7-8,11-12,17-18H2,1-2H3,(H,30,36)(H,31,35). The highest BCUT2D eigenvalue weighted by atomic mass is 32.2. The van der Waals surface area contributed by atoms with E-state index in [9.17, 15) is 9.59 Å². The molecule has 0 atom stereocenters. The lowest BCUT2D eigenvalue weighted by Crippen LogP contribution is -2.25. The van der Waals surface area contributed by atoms with Gasteiger partial charge in [0.1, 0.15) is 5.00 Å². The van der Waals surface area contributed by atoms with Gasteiger partial charge in [0.05, 0.1) is 11.3 Å². The fourth-order valence-corrected chi connectivity index (χ4v) is 6.76. The molecule has 38 heavy (non-hydrogen) atoms. The monoisotopic (exact) mass is 545 g/mol. The van der Waals surface area contributed by atoms with Crippen molar-refractivity contribution in [2.45, 2.75) is 57.8 Å². The minimum atomic E-state index is -0.159. The van der Waals surface area contributed by atoms with Gasteiger partial charge in [0, 0.05) is 23.5 Å². The van der Waals surface area contributed by atoms with Crippen LogP contribution in [0.1, 0.15) is 51.7 Å². The molecule has 2 heterocycles. The SMILES string of the molecule is CCn1c(SCC(=O)Nc2sc3c(c2C(=O)NCc2ccccc2)CCCC3)nnc1-c1ccc(C)cc1. The molecule has 9 heteroatoms. The van der Waals surface area contributed by atoms with Crippen LogP contribution in [0.15, 0.2) is 59.8 Å². The second-order valence-corrected chi connectivity index (χ2v) is 11.4. The third-order valence-electron chi connectivity index (χ3n) is 6.62. The van der Waals surface area contributed by atoms with Crippen LogP contribution < -0.4 is 10.6 Å². The maximum Gasteiger partial charge on any atom is 0.254 e. The Hall–Kier alpha value is -3.43. The number of anilines is 1. The first kappa shape index (κ1) is 26.2. The van der Waals surface area contributed by atoms with Gasteiger partial charge < -0.3 is 15.2 Å². The van der Waals surface area contributed by atoms with E-state index in [1.165, 1.54) is 33.5 Å². The van der Waals surface area contributed by atoms with Crippen molar-refractivity contribution in [2.75, 3.05) is 11.1 Å². The number of benzene rings is 2. The van der Waals surface area contributed by atoms with Crippen molar-refractivity contribution in [3.63, 3.8) is 0 Å². The Bertz CT molecular complexity index is 1430. The van der Waals surface area contributed by atoms with Crippen LogP contribution in [0.25, 0.3) is 11.4 Å². The van der Waals surface area contributed by atoms with Gasteiger partial charge in [-0.05, 0) is 50.7 Å². The number of nitrogens with zero attached hydrogens (tertiary/aromatic N) is 3. The van der Waals surface area contributed by atoms with Crippen LogP contribution in [-0.2, 0) is 30.7 Å². The summed E-state index contributed by atoms with van der Waals surface area (Å²) in [6.45, 7) is 5.24. The van der Waals surface area contributed by atoms with Crippen molar-refractivity contribution in [3.8, 4) is 11.4 Å². The molecule has 7 nitrogen and oxygen atoms in total. The average Bonchev–Trinajstić information content (AvgIpc) is 3.52. The molecule has 0 aliphatic heterocycles. The molecule has 4 aromatic rings. The molecule has 1 aliphatic carbocycles. The average molecular weight is 546 g/mol. The van der Waals surface area contributed by atoms with E-state index in [1.54, 1.807) is 0 Å². The Labute approximate surface area is 231 Å². The normalized spacial score (nSPS) is 12.7. The number of amides is 2. The smallest absolute Gasteiger partial charge is 0.254 e. The maximum atomic E-state index is 13.3. The van der Waals surface area contributed by atoms with Crippen molar-refractivity contribution in [1.82, 2.24) is 20.1 Å². The van der Waals surface area contributed by atoms with Gasteiger partial charge in [-0.2, -0.15) is 0 Å². The number of rotatable bonds is 9. The summed E-state index contributed by atoms with van der Waals surface area (Å²) in [5.74, 6) is 0.677. The fraction of sp³-hybridized carbons (Fsp3) is 0.310. The second kappa shape index (κ2) is 12.0. The van der Waals surface area contributed by atoms with Gasteiger partial charge in [-0.3, -0.25) is 9.59 Å². The molecule has 2 aromatic carbocycles. The minimum absolute atomic E-state index is 0.135. The van der Waals surface area contributed by atoms with Gasteiger partial charge in [0.25, 0.3) is 5.91 Å². The summed E-state index contributed by atoms with van der Waals surface area (Å²) < 4.78 is 2.02. The van der Waals surface area contributed by atoms with E-state index in [0.717, 1.165) is 48.2 Å². The Morgan fingerprint density at radius 2 is 1.79 bits per heavy atom. The van der Waals surface area contributed by atoms with Gasteiger partial charge in [-0.15, -0.1) is 21.5 Å². The van der Waals surface area contributed by atoms with E-state index in [4.69, 9.17) is 0 Å². The van der Waals surface area contributed by atoms with E-state index in [1.807, 2.05) is 54.0 Å². The van der Waals surface area contributed by atoms with Crippen molar-refractivity contribution in [2.24, 2.45) is 0 Å². The largest absolute Gasteiger partial charge is 0.348 e. The maximum absolute atomic E-state index is 13.3. The molecule has 0 unspecified atom stereocenters. The summed E-state index contributed by atoms with van der Waals surface area (Å²) in [4.78, 5) is 27.6. The van der Waals surface area contributed by atoms with Crippen LogP contribution in [0.2, 0.25) is 0 Å². The number of thiophene rings is 1. The number of carbonyl (C=O) groups excluding carboxylic acids is 2. The first-order valence-corrected chi connectivity index (χ1v) is 14.7. The molecular weight excluding hydrogens is 514 g/mol. The number of aromatic nitrogens is 3. The van der Waals surface area contributed by atoms with Crippen molar-refractivity contribution in [3.05, 3.63) is 81.7 Å². The van der Waals surface area contributed by atoms with Crippen LogP contribution >= 0.6 is 23.1 Å². The van der Waals surface area contributed by atoms with Crippen LogP contribution in [-0.4, -0.2) is 32.3 Å².